The van der Waals surface area contributed by atoms with Crippen molar-refractivity contribution >= 4 is 18.9 Å². The number of nitrogens with zero attached hydrogens (tertiary/aromatic N) is 4. The molecule has 11 heavy (non-hydrogen) atoms. The second-order valence-electron chi connectivity index (χ2n) is 2.19. The van der Waals surface area contributed by atoms with E-state index in [2.05, 4.69) is 21.7 Å². The van der Waals surface area contributed by atoms with Crippen LogP contribution in [0.1, 0.15) is 5.69 Å². The van der Waals surface area contributed by atoms with Gasteiger partial charge in [0.2, 0.25) is 0 Å². The molecule has 0 spiro atoms. The first-order chi connectivity index (χ1) is 5.25. The molecular formula is C7H10N4. The Kier molecular flexibility index (Phi) is 2.15. The van der Waals surface area contributed by atoms with Crippen LogP contribution < -0.4 is 0 Å². The van der Waals surface area contributed by atoms with Crippen molar-refractivity contribution in [2.45, 2.75) is 6.92 Å². The lowest BCUT2D eigenvalue weighted by Gasteiger charge is -1.93. The van der Waals surface area contributed by atoms with Crippen LogP contribution in [0.2, 0.25) is 0 Å². The van der Waals surface area contributed by atoms with Crippen LogP contribution in [0.5, 0.6) is 0 Å². The fraction of sp³-hybridized carbons (Fsp3) is 0.286. The zero-order chi connectivity index (χ0) is 8.27. The number of aliphatic imine (C=N–C) groups is 2. The van der Waals surface area contributed by atoms with E-state index in [9.17, 15) is 0 Å². The molecule has 0 aromatic carbocycles. The molecule has 4 heteroatoms. The van der Waals surface area contributed by atoms with E-state index in [1.165, 1.54) is 6.34 Å². The molecule has 0 amide bonds. The van der Waals surface area contributed by atoms with Crippen molar-refractivity contribution < 1.29 is 0 Å². The second kappa shape index (κ2) is 3.09. The van der Waals surface area contributed by atoms with Gasteiger partial charge in [0.1, 0.15) is 6.34 Å². The van der Waals surface area contributed by atoms with Crippen LogP contribution in [0.25, 0.3) is 0 Å². The van der Waals surface area contributed by atoms with Crippen molar-refractivity contribution in [3.63, 3.8) is 0 Å². The summed E-state index contributed by atoms with van der Waals surface area (Å²) in [6.45, 7) is 5.19. The van der Waals surface area contributed by atoms with Crippen LogP contribution in [-0.4, -0.2) is 22.6 Å². The molecule has 1 rings (SSSR count). The summed E-state index contributed by atoms with van der Waals surface area (Å²) >= 11 is 0. The summed E-state index contributed by atoms with van der Waals surface area (Å²) in [4.78, 5) is 11.6. The zero-order valence-corrected chi connectivity index (χ0v) is 6.65. The van der Waals surface area contributed by atoms with Crippen molar-refractivity contribution in [1.82, 2.24) is 9.55 Å². The third-order valence-corrected chi connectivity index (χ3v) is 1.34. The van der Waals surface area contributed by atoms with Crippen LogP contribution in [0.4, 0.5) is 5.82 Å². The van der Waals surface area contributed by atoms with Gasteiger partial charge in [-0.05, 0) is 13.6 Å². The summed E-state index contributed by atoms with van der Waals surface area (Å²) in [6, 6.07) is 0. The van der Waals surface area contributed by atoms with Crippen molar-refractivity contribution in [1.29, 1.82) is 0 Å². The molecule has 0 atom stereocenters. The fourth-order valence-corrected chi connectivity index (χ4v) is 0.821. The van der Waals surface area contributed by atoms with Crippen molar-refractivity contribution in [2.24, 2.45) is 17.0 Å². The lowest BCUT2D eigenvalue weighted by molar-refractivity contribution is 0.912. The van der Waals surface area contributed by atoms with E-state index < -0.39 is 0 Å². The molecule has 0 bridgehead atoms. The molecule has 0 aliphatic carbocycles. The normalized spacial score (nSPS) is 10.7. The van der Waals surface area contributed by atoms with E-state index in [-0.39, 0.29) is 0 Å². The van der Waals surface area contributed by atoms with Gasteiger partial charge in [0.05, 0.1) is 12.0 Å². The van der Waals surface area contributed by atoms with E-state index in [0.717, 1.165) is 11.5 Å². The molecule has 0 saturated carbocycles. The molecule has 58 valence electrons. The van der Waals surface area contributed by atoms with Gasteiger partial charge in [0.25, 0.3) is 0 Å². The van der Waals surface area contributed by atoms with Gasteiger partial charge in [-0.3, -0.25) is 4.99 Å². The van der Waals surface area contributed by atoms with E-state index in [4.69, 9.17) is 0 Å². The number of aryl methyl sites for hydroxylation is 2. The van der Waals surface area contributed by atoms with Gasteiger partial charge in [-0.15, -0.1) is 0 Å². The maximum Gasteiger partial charge on any atom is 0.156 e. The smallest absolute Gasteiger partial charge is 0.156 e. The minimum atomic E-state index is 0.817. The summed E-state index contributed by atoms with van der Waals surface area (Å²) in [6.07, 6.45) is 3.12. The molecule has 1 aromatic heterocycles. The molecule has 0 aliphatic heterocycles. The van der Waals surface area contributed by atoms with Crippen molar-refractivity contribution in [3.8, 4) is 0 Å². The van der Waals surface area contributed by atoms with Crippen molar-refractivity contribution in [2.75, 3.05) is 0 Å². The maximum absolute atomic E-state index is 4.06. The lowest BCUT2D eigenvalue weighted by atomic mass is 10.5. The Morgan fingerprint density at radius 1 is 1.73 bits per heavy atom. The molecule has 1 aromatic rings. The molecule has 0 radical (unpaired) electrons. The average Bonchev–Trinajstić information content (AvgIpc) is 2.29. The predicted molar refractivity (Wildman–Crippen MR) is 45.6 cm³/mol. The van der Waals surface area contributed by atoms with E-state index in [1.807, 2.05) is 18.5 Å². The first-order valence-electron chi connectivity index (χ1n) is 3.22. The molecule has 0 N–H and O–H groups in total. The third-order valence-electron chi connectivity index (χ3n) is 1.34. The summed E-state index contributed by atoms with van der Waals surface area (Å²) < 4.78 is 1.83. The van der Waals surface area contributed by atoms with Crippen LogP contribution in [-0.2, 0) is 7.05 Å². The first-order valence-corrected chi connectivity index (χ1v) is 3.22. The van der Waals surface area contributed by atoms with Gasteiger partial charge in [-0.1, -0.05) is 0 Å². The second-order valence-corrected chi connectivity index (χ2v) is 2.19. The highest BCUT2D eigenvalue weighted by Crippen LogP contribution is 2.13. The van der Waals surface area contributed by atoms with E-state index in [1.54, 1.807) is 6.33 Å². The Hall–Kier alpha value is -1.45. The van der Waals surface area contributed by atoms with Crippen LogP contribution in [0.15, 0.2) is 16.3 Å². The Bertz CT molecular complexity index is 265. The summed E-state index contributed by atoms with van der Waals surface area (Å²) in [7, 11) is 1.88. The summed E-state index contributed by atoms with van der Waals surface area (Å²) in [5.74, 6) is 0.817. The number of hydrogen-bond acceptors (Lipinski definition) is 2. The summed E-state index contributed by atoms with van der Waals surface area (Å²) in [5.41, 5.74) is 0.896. The van der Waals surface area contributed by atoms with Crippen molar-refractivity contribution in [3.05, 3.63) is 12.0 Å². The molecule has 0 fully saturated rings. The first kappa shape index (κ1) is 7.65. The van der Waals surface area contributed by atoms with Gasteiger partial charge in [-0.25, -0.2) is 9.98 Å². The minimum absolute atomic E-state index is 0.817. The van der Waals surface area contributed by atoms with Crippen LogP contribution in [0, 0.1) is 6.92 Å². The maximum atomic E-state index is 4.06. The highest BCUT2D eigenvalue weighted by molar-refractivity contribution is 5.65. The Balaban J connectivity index is 3.00. The quantitative estimate of drug-likeness (QED) is 0.459. The standard InChI is InChI=1S/C7H10N4/c1-6-7(9-4-8-2)11(3)5-10-6/h4-5H,2H2,1,3H3/b9-4-. The Morgan fingerprint density at radius 3 is 2.91 bits per heavy atom. The molecule has 0 saturated heterocycles. The predicted octanol–water partition coefficient (Wildman–Crippen LogP) is 1.09. The van der Waals surface area contributed by atoms with E-state index >= 15 is 0 Å². The number of imidazole rings is 1. The van der Waals surface area contributed by atoms with Gasteiger partial charge < -0.3 is 4.57 Å². The monoisotopic (exact) mass is 150 g/mol. The summed E-state index contributed by atoms with van der Waals surface area (Å²) in [5, 5.41) is 0. The zero-order valence-electron chi connectivity index (χ0n) is 6.65. The number of rotatable bonds is 2. The fourth-order valence-electron chi connectivity index (χ4n) is 0.821. The lowest BCUT2D eigenvalue weighted by Crippen LogP contribution is -1.83. The molecule has 4 nitrogen and oxygen atoms in total. The molecular weight excluding hydrogens is 140 g/mol. The van der Waals surface area contributed by atoms with E-state index in [0.29, 0.717) is 0 Å². The van der Waals surface area contributed by atoms with Gasteiger partial charge in [0.15, 0.2) is 5.82 Å². The van der Waals surface area contributed by atoms with Gasteiger partial charge >= 0.3 is 0 Å². The number of hydrogen-bond donors (Lipinski definition) is 0. The van der Waals surface area contributed by atoms with Gasteiger partial charge in [0, 0.05) is 7.05 Å². The highest BCUT2D eigenvalue weighted by atomic mass is 15.1. The van der Waals surface area contributed by atoms with Crippen LogP contribution >= 0.6 is 0 Å². The Morgan fingerprint density at radius 2 is 2.45 bits per heavy atom. The largest absolute Gasteiger partial charge is 0.319 e. The third kappa shape index (κ3) is 1.52. The topological polar surface area (TPSA) is 42.5 Å². The minimum Gasteiger partial charge on any atom is -0.319 e. The molecule has 0 unspecified atom stereocenters. The molecule has 0 aliphatic rings. The SMILES string of the molecule is C=N/C=N\c1c(C)ncn1C. The molecule has 1 heterocycles. The Labute approximate surface area is 65.3 Å². The number of aromatic nitrogens is 2. The average molecular weight is 150 g/mol. The van der Waals surface area contributed by atoms with Gasteiger partial charge in [-0.2, -0.15) is 0 Å². The highest BCUT2D eigenvalue weighted by Gasteiger charge is 1.99. The van der Waals surface area contributed by atoms with Crippen LogP contribution in [0.3, 0.4) is 0 Å².